The maximum absolute atomic E-state index is 12.6. The highest BCUT2D eigenvalue weighted by atomic mass is 35.5. The van der Waals surface area contributed by atoms with Gasteiger partial charge < -0.3 is 9.47 Å². The molecule has 1 N–H and O–H groups in total. The van der Waals surface area contributed by atoms with Gasteiger partial charge >= 0.3 is 0 Å². The van der Waals surface area contributed by atoms with E-state index in [1.807, 2.05) is 6.07 Å². The molecule has 1 aromatic heterocycles. The van der Waals surface area contributed by atoms with E-state index in [0.29, 0.717) is 24.7 Å². The first-order chi connectivity index (χ1) is 13.3. The number of hydrogen-bond donors (Lipinski definition) is 1. The van der Waals surface area contributed by atoms with Crippen LogP contribution in [0.15, 0.2) is 52.2 Å². The Labute approximate surface area is 168 Å². The first-order valence-electron chi connectivity index (χ1n) is 9.06. The Morgan fingerprint density at radius 2 is 1.86 bits per heavy atom. The molecule has 2 aliphatic heterocycles. The summed E-state index contributed by atoms with van der Waals surface area (Å²) in [5.74, 6) is 0.0281. The number of carbonyl (C=O) groups is 1. The van der Waals surface area contributed by atoms with E-state index in [1.54, 1.807) is 21.6 Å². The molecule has 1 saturated heterocycles. The van der Waals surface area contributed by atoms with Crippen LogP contribution in [0.3, 0.4) is 0 Å². The van der Waals surface area contributed by atoms with Crippen LogP contribution in [0.1, 0.15) is 18.0 Å². The van der Waals surface area contributed by atoms with E-state index in [0.717, 1.165) is 12.1 Å². The minimum atomic E-state index is -3.79. The van der Waals surface area contributed by atoms with Crippen LogP contribution in [-0.4, -0.2) is 43.4 Å². The van der Waals surface area contributed by atoms with Crippen LogP contribution in [-0.2, 0) is 21.4 Å². The minimum Gasteiger partial charge on any atom is -0.341 e. The van der Waals surface area contributed by atoms with Gasteiger partial charge in [-0.05, 0) is 42.7 Å². The van der Waals surface area contributed by atoms with Crippen molar-refractivity contribution in [2.45, 2.75) is 23.8 Å². The fourth-order valence-electron chi connectivity index (χ4n) is 4.07. The number of likely N-dealkylation sites (tertiary alicyclic amines) is 1. The van der Waals surface area contributed by atoms with Crippen LogP contribution >= 0.6 is 11.6 Å². The summed E-state index contributed by atoms with van der Waals surface area (Å²) >= 11 is 5.79. The van der Waals surface area contributed by atoms with E-state index in [2.05, 4.69) is 4.72 Å². The van der Waals surface area contributed by atoms with Gasteiger partial charge in [0.05, 0.1) is 11.4 Å². The zero-order valence-electron chi connectivity index (χ0n) is 15.0. The lowest BCUT2D eigenvalue weighted by molar-refractivity contribution is -0.132. The molecule has 1 fully saturated rings. The second-order valence-electron chi connectivity index (χ2n) is 7.28. The third-order valence-electron chi connectivity index (χ3n) is 5.37. The number of hydrogen-bond acceptors (Lipinski definition) is 4. The molecule has 148 valence electrons. The second-order valence-corrected chi connectivity index (χ2v) is 9.48. The SMILES string of the molecule is O=C(CNS(=O)(=O)c1ccc(Cl)cc1)N1C[C@@H]2C[C@H](C1)c1cccc(=O)n1C2. The van der Waals surface area contributed by atoms with Crippen LogP contribution < -0.4 is 10.3 Å². The number of pyridine rings is 1. The fourth-order valence-corrected chi connectivity index (χ4v) is 5.17. The number of rotatable bonds is 4. The molecule has 1 aromatic carbocycles. The zero-order chi connectivity index (χ0) is 19.9. The molecule has 2 aliphatic rings. The van der Waals surface area contributed by atoms with Gasteiger partial charge in [0.1, 0.15) is 0 Å². The summed E-state index contributed by atoms with van der Waals surface area (Å²) in [6.07, 6.45) is 0.934. The molecule has 2 atom stereocenters. The summed E-state index contributed by atoms with van der Waals surface area (Å²) in [6, 6.07) is 11.0. The molecule has 2 bridgehead atoms. The molecule has 9 heteroatoms. The molecule has 3 heterocycles. The largest absolute Gasteiger partial charge is 0.341 e. The van der Waals surface area contributed by atoms with Crippen molar-refractivity contribution in [1.29, 1.82) is 0 Å². The summed E-state index contributed by atoms with van der Waals surface area (Å²) in [7, 11) is -3.79. The molecule has 0 radical (unpaired) electrons. The number of benzene rings is 1. The predicted octanol–water partition coefficient (Wildman–Crippen LogP) is 1.43. The molecule has 4 rings (SSSR count). The Hall–Kier alpha value is -2.16. The number of carbonyl (C=O) groups excluding carboxylic acids is 1. The Bertz CT molecular complexity index is 1070. The average Bonchev–Trinajstić information content (AvgIpc) is 2.67. The molecule has 0 aliphatic carbocycles. The maximum Gasteiger partial charge on any atom is 0.250 e. The number of nitrogens with zero attached hydrogens (tertiary/aromatic N) is 2. The number of nitrogens with one attached hydrogen (secondary N) is 1. The highest BCUT2D eigenvalue weighted by molar-refractivity contribution is 7.89. The summed E-state index contributed by atoms with van der Waals surface area (Å²) in [4.78, 5) is 26.5. The Morgan fingerprint density at radius 3 is 2.61 bits per heavy atom. The topological polar surface area (TPSA) is 88.5 Å². The van der Waals surface area contributed by atoms with Gasteiger partial charge in [-0.2, -0.15) is 0 Å². The molecule has 0 saturated carbocycles. The predicted molar refractivity (Wildman–Crippen MR) is 105 cm³/mol. The van der Waals surface area contributed by atoms with Gasteiger partial charge in [0, 0.05) is 42.3 Å². The van der Waals surface area contributed by atoms with Crippen molar-refractivity contribution < 1.29 is 13.2 Å². The van der Waals surface area contributed by atoms with Crippen molar-refractivity contribution in [3.8, 4) is 0 Å². The number of aromatic nitrogens is 1. The van der Waals surface area contributed by atoms with E-state index >= 15 is 0 Å². The van der Waals surface area contributed by atoms with Gasteiger partial charge in [-0.3, -0.25) is 9.59 Å². The molecule has 1 amide bonds. The lowest BCUT2D eigenvalue weighted by atomic mass is 9.83. The Balaban J connectivity index is 1.44. The van der Waals surface area contributed by atoms with Crippen LogP contribution in [0.4, 0.5) is 0 Å². The van der Waals surface area contributed by atoms with E-state index in [9.17, 15) is 18.0 Å². The van der Waals surface area contributed by atoms with Gasteiger partial charge in [-0.15, -0.1) is 0 Å². The molecule has 28 heavy (non-hydrogen) atoms. The van der Waals surface area contributed by atoms with Crippen LogP contribution in [0, 0.1) is 5.92 Å². The molecule has 0 unspecified atom stereocenters. The van der Waals surface area contributed by atoms with Crippen molar-refractivity contribution in [3.05, 3.63) is 63.5 Å². The van der Waals surface area contributed by atoms with E-state index < -0.39 is 10.0 Å². The van der Waals surface area contributed by atoms with E-state index in [1.165, 1.54) is 24.3 Å². The molecule has 2 aromatic rings. The lowest BCUT2D eigenvalue weighted by Crippen LogP contribution is -2.51. The normalized spacial score (nSPS) is 21.2. The first kappa shape index (κ1) is 19.2. The third kappa shape index (κ3) is 3.72. The maximum atomic E-state index is 12.6. The average molecular weight is 422 g/mol. The van der Waals surface area contributed by atoms with Crippen LogP contribution in [0.5, 0.6) is 0 Å². The quantitative estimate of drug-likeness (QED) is 0.808. The highest BCUT2D eigenvalue weighted by Crippen LogP contribution is 2.34. The summed E-state index contributed by atoms with van der Waals surface area (Å²) in [5.41, 5.74) is 0.936. The lowest BCUT2D eigenvalue weighted by Gasteiger charge is -2.42. The number of piperidine rings is 1. The van der Waals surface area contributed by atoms with Crippen molar-refractivity contribution >= 4 is 27.5 Å². The first-order valence-corrected chi connectivity index (χ1v) is 10.9. The Morgan fingerprint density at radius 1 is 1.11 bits per heavy atom. The molecular formula is C19H20ClN3O4S. The molecular weight excluding hydrogens is 402 g/mol. The number of fused-ring (bicyclic) bond motifs is 4. The summed E-state index contributed by atoms with van der Waals surface area (Å²) in [5, 5.41) is 0.439. The summed E-state index contributed by atoms with van der Waals surface area (Å²) in [6.45, 7) is 1.30. The molecule has 7 nitrogen and oxygen atoms in total. The molecule has 0 spiro atoms. The van der Waals surface area contributed by atoms with Crippen molar-refractivity contribution in [3.63, 3.8) is 0 Å². The number of amides is 1. The minimum absolute atomic E-state index is 0.0114. The summed E-state index contributed by atoms with van der Waals surface area (Å²) < 4.78 is 28.9. The van der Waals surface area contributed by atoms with Gasteiger partial charge in [0.2, 0.25) is 15.9 Å². The van der Waals surface area contributed by atoms with Crippen molar-refractivity contribution in [1.82, 2.24) is 14.2 Å². The number of halogens is 1. The van der Waals surface area contributed by atoms with Crippen LogP contribution in [0.25, 0.3) is 0 Å². The zero-order valence-corrected chi connectivity index (χ0v) is 16.6. The van der Waals surface area contributed by atoms with Gasteiger partial charge in [0.15, 0.2) is 0 Å². The Kier molecular flexibility index (Phi) is 5.03. The van der Waals surface area contributed by atoms with Crippen molar-refractivity contribution in [2.75, 3.05) is 19.6 Å². The standard InChI is InChI=1S/C19H20ClN3O4S/c20-15-4-6-16(7-5-15)28(26,27)21-9-19(25)22-10-13-8-14(12-22)17-2-1-3-18(24)23(17)11-13/h1-7,13-14,21H,8-12H2/t13-,14+/m0/s1. The van der Waals surface area contributed by atoms with Crippen molar-refractivity contribution in [2.24, 2.45) is 5.92 Å². The van der Waals surface area contributed by atoms with Gasteiger partial charge in [0.25, 0.3) is 5.56 Å². The third-order valence-corrected chi connectivity index (χ3v) is 7.04. The number of sulfonamides is 1. The van der Waals surface area contributed by atoms with Crippen LogP contribution in [0.2, 0.25) is 5.02 Å². The monoisotopic (exact) mass is 421 g/mol. The van der Waals surface area contributed by atoms with Gasteiger partial charge in [-0.1, -0.05) is 17.7 Å². The smallest absolute Gasteiger partial charge is 0.250 e. The van der Waals surface area contributed by atoms with E-state index in [4.69, 9.17) is 11.6 Å². The van der Waals surface area contributed by atoms with E-state index in [-0.39, 0.29) is 34.7 Å². The highest BCUT2D eigenvalue weighted by Gasteiger charge is 2.36. The van der Waals surface area contributed by atoms with Gasteiger partial charge in [-0.25, -0.2) is 13.1 Å². The second kappa shape index (κ2) is 7.35. The fraction of sp³-hybridized carbons (Fsp3) is 0.368.